The third-order valence-corrected chi connectivity index (χ3v) is 32.2. The monoisotopic (exact) mass is 2040 g/mol. The fourth-order valence-electron chi connectivity index (χ4n) is 13.8. The number of carbonyl (C=O) groups is 4. The van der Waals surface area contributed by atoms with Crippen molar-refractivity contribution in [3.8, 4) is 51.5 Å². The average molecular weight is 2040 g/mol. The van der Waals surface area contributed by atoms with Gasteiger partial charge in [0, 0.05) is 181 Å². The highest BCUT2D eigenvalue weighted by Crippen LogP contribution is 2.34. The highest BCUT2D eigenvalue weighted by atomic mass is 28.3. The molecule has 766 valence electrons. The molecule has 39 heteroatoms. The van der Waals surface area contributed by atoms with Crippen LogP contribution in [0.25, 0.3) is 66.1 Å². The third-order valence-electron chi connectivity index (χ3n) is 22.0. The summed E-state index contributed by atoms with van der Waals surface area (Å²) in [6.07, 6.45) is 7.08. The summed E-state index contributed by atoms with van der Waals surface area (Å²) < 4.78 is 76.7. The summed E-state index contributed by atoms with van der Waals surface area (Å²) in [6.45, 7) is 52.4. The van der Waals surface area contributed by atoms with Crippen LogP contribution in [-0.2, 0) is 106 Å². The van der Waals surface area contributed by atoms with Gasteiger partial charge < -0.3 is 67.1 Å². The number of aliphatic hydroxyl groups is 1. The number of aliphatic hydroxyl groups excluding tert-OH is 1. The van der Waals surface area contributed by atoms with Gasteiger partial charge in [-0.15, -0.1) is 0 Å². The van der Waals surface area contributed by atoms with Gasteiger partial charge in [-0.3, -0.25) is 4.99 Å². The molecule has 0 radical (unpaired) electrons. The molecule has 14 rings (SSSR count). The first-order valence-electron chi connectivity index (χ1n) is 46.4. The lowest BCUT2D eigenvalue weighted by Crippen LogP contribution is -2.22. The summed E-state index contributed by atoms with van der Waals surface area (Å²) in [7, 11) is -1.52. The number of aromatic hydroxyl groups is 1. The number of aliphatic imine (C=N–C) groups is 1. The number of pyridine rings is 2. The smallest absolute Gasteiger partial charge is 0.359 e. The standard InChI is InChI=1S/C29H41N5O5Si2.C28H41N5O4Si2.C16H24N2O3Si.C15H22N2O4Si.C11H11NO2.3CH4/c1-36-29(35)28-24-10-9-23(18-26(24)34(32-28)21-38-15-17-41(5,6)7)39-27-11-8-22(19-30-27)25-12-13-31-33(25)20-37-14-16-40(2,3)4;1-38(2,3)15-13-35-20-32-26(11-12-30-32)22-7-10-28(29-18-22)37-23-8-9-24-25(19-34)31-33(27(24)17-23)21-36-14-16-39(4,5)6;1-12-6-7-13-14(10-12)18(17-15(13)16(19)20-2)11-21-8-9-22(3,4)5;1-20-15(19)14-12-6-5-11(18)9-13(12)17(16-14)10-21-7-8-22(2,3)4;1-7-3-4-9-8(5-7)6-12-10(9)11(13)14-2;;;/h8-13,18-19H,14-17,20-21H2,1-7H3;7-12,17-18,34H,13-16,19-21H2,1-6H3;6-7,10H,8-9,11H2,1-5H3;5-6,9,18H,7-8,10H2,1-4H3;3-5H,6H2,1-2H3;3*1H4. The van der Waals surface area contributed by atoms with Crippen LogP contribution < -0.4 is 9.47 Å². The molecule has 0 spiro atoms. The van der Waals surface area contributed by atoms with Gasteiger partial charge in [0.2, 0.25) is 11.8 Å². The lowest BCUT2D eigenvalue weighted by atomic mass is 10.0. The zero-order valence-corrected chi connectivity index (χ0v) is 90.7. The van der Waals surface area contributed by atoms with Crippen LogP contribution in [-0.4, -0.2) is 225 Å². The number of fused-ring (bicyclic) bond motifs is 5. The van der Waals surface area contributed by atoms with E-state index in [9.17, 15) is 29.4 Å². The van der Waals surface area contributed by atoms with Crippen LogP contribution in [0.4, 0.5) is 0 Å². The predicted octanol–water partition coefficient (Wildman–Crippen LogP) is 22.4. The van der Waals surface area contributed by atoms with Gasteiger partial charge in [0.05, 0.1) is 80.7 Å². The van der Waals surface area contributed by atoms with Crippen molar-refractivity contribution in [1.29, 1.82) is 0 Å². The van der Waals surface area contributed by atoms with Crippen LogP contribution in [0.15, 0.2) is 157 Å². The number of esters is 4. The molecule has 0 atom stereocenters. The number of phenolic OH excluding ortho intramolecular Hbond substituents is 1. The summed E-state index contributed by atoms with van der Waals surface area (Å²) in [5, 5.41) is 48.9. The Morgan fingerprint density at radius 1 is 0.362 bits per heavy atom. The predicted molar refractivity (Wildman–Crippen MR) is 575 cm³/mol. The Morgan fingerprint density at radius 2 is 0.688 bits per heavy atom. The zero-order valence-electron chi connectivity index (χ0n) is 84.7. The van der Waals surface area contributed by atoms with Crippen molar-refractivity contribution in [2.24, 2.45) is 4.99 Å². The second-order valence-corrected chi connectivity index (χ2v) is 74.7. The molecule has 0 unspecified atom stereocenters. The highest BCUT2D eigenvalue weighted by Gasteiger charge is 2.27. The van der Waals surface area contributed by atoms with Crippen molar-refractivity contribution in [2.75, 3.05) is 68.1 Å². The second-order valence-electron chi connectivity index (χ2n) is 41.0. The minimum atomic E-state index is -1.22. The average Bonchev–Trinajstić information content (AvgIpc) is 1.64. The molecular formula is C102H151N15O18Si6. The van der Waals surface area contributed by atoms with Crippen LogP contribution in [0.5, 0.6) is 29.0 Å². The van der Waals surface area contributed by atoms with E-state index in [0.29, 0.717) is 115 Å². The Morgan fingerprint density at radius 3 is 1.05 bits per heavy atom. The normalized spacial score (nSPS) is 12.0. The number of rotatable bonds is 41. The lowest BCUT2D eigenvalue weighted by molar-refractivity contribution is -0.132. The molecule has 2 N–H and O–H groups in total. The summed E-state index contributed by atoms with van der Waals surface area (Å²) in [5.74, 6) is 0.467. The largest absolute Gasteiger partial charge is 0.508 e. The van der Waals surface area contributed by atoms with Crippen molar-refractivity contribution in [1.82, 2.24) is 68.7 Å². The van der Waals surface area contributed by atoms with Crippen LogP contribution >= 0.6 is 0 Å². The number of aryl methyl sites for hydroxylation is 2. The first-order valence-corrected chi connectivity index (χ1v) is 68.6. The van der Waals surface area contributed by atoms with E-state index in [-0.39, 0.29) is 65.5 Å². The molecule has 33 nitrogen and oxygen atoms in total. The Hall–Kier alpha value is -11.3. The lowest BCUT2D eigenvalue weighted by Gasteiger charge is -2.16. The number of benzene rings is 5. The van der Waals surface area contributed by atoms with E-state index >= 15 is 0 Å². The van der Waals surface area contributed by atoms with Gasteiger partial charge in [-0.1, -0.05) is 176 Å². The van der Waals surface area contributed by atoms with Crippen LogP contribution in [0.2, 0.25) is 154 Å². The summed E-state index contributed by atoms with van der Waals surface area (Å²) in [5.41, 5.74) is 13.0. The van der Waals surface area contributed by atoms with Crippen molar-refractivity contribution in [2.45, 2.75) is 244 Å². The van der Waals surface area contributed by atoms with E-state index in [2.05, 4.69) is 174 Å². The molecule has 0 amide bonds. The van der Waals surface area contributed by atoms with Gasteiger partial charge in [0.1, 0.15) is 57.6 Å². The molecule has 0 saturated carbocycles. The van der Waals surface area contributed by atoms with E-state index in [0.717, 1.165) is 117 Å². The SMILES string of the molecule is C.C.C.COC(=O)C1=NCc2cc(C)ccc21.COC(=O)c1nn(COCC[Si](C)(C)C)c2cc(C)ccc12.COC(=O)c1nn(COCC[Si](C)(C)C)c2cc(O)ccc12.COC(=O)c1nn(COCC[Si](C)(C)C)c2cc(Oc3ccc(-c4ccnn4COCC[Si](C)(C)C)cn3)ccc12.C[Si](C)(C)CCOCn1nccc1-c1ccc(Oc2ccc3c(CO)nn(COCC[Si](C)(C)C)c3c2)nc1. The van der Waals surface area contributed by atoms with Crippen molar-refractivity contribution < 1.29 is 86.2 Å². The number of aromatic nitrogens is 14. The summed E-state index contributed by atoms with van der Waals surface area (Å²) in [4.78, 5) is 60.5. The highest BCUT2D eigenvalue weighted by molar-refractivity contribution is 6.78. The summed E-state index contributed by atoms with van der Waals surface area (Å²) in [6, 6.07) is 45.7. The number of carbonyl (C=O) groups excluding carboxylic acids is 4. The third kappa shape index (κ3) is 35.6. The van der Waals surface area contributed by atoms with E-state index in [4.69, 9.17) is 52.1 Å². The molecule has 0 saturated heterocycles. The first-order chi connectivity index (χ1) is 65.3. The number of ether oxygens (including phenoxy) is 12. The maximum Gasteiger partial charge on any atom is 0.359 e. The number of phenols is 1. The van der Waals surface area contributed by atoms with Gasteiger partial charge >= 0.3 is 23.9 Å². The quantitative estimate of drug-likeness (QED) is 0.0155. The molecule has 5 aromatic carbocycles. The number of hydrogen-bond acceptors (Lipinski definition) is 27. The molecule has 9 heterocycles. The fraction of sp³-hybridized carbons (Fsp3) is 0.461. The minimum Gasteiger partial charge on any atom is -0.508 e. The summed E-state index contributed by atoms with van der Waals surface area (Å²) >= 11 is 0. The molecule has 1 aliphatic rings. The fourth-order valence-corrected chi connectivity index (χ4v) is 18.3. The number of methoxy groups -OCH3 is 4. The Balaban J connectivity index is 0.000000249. The van der Waals surface area contributed by atoms with E-state index in [1.807, 2.05) is 114 Å². The molecule has 0 bridgehead atoms. The number of nitrogens with zero attached hydrogens (tertiary/aromatic N) is 15. The van der Waals surface area contributed by atoms with Crippen molar-refractivity contribution >= 4 is 122 Å². The first kappa shape index (κ1) is 117. The van der Waals surface area contributed by atoms with Gasteiger partial charge in [-0.05, 0) is 128 Å². The van der Waals surface area contributed by atoms with Crippen LogP contribution in [0.1, 0.15) is 81.7 Å². The maximum absolute atomic E-state index is 12.4. The van der Waals surface area contributed by atoms with Gasteiger partial charge in [0.25, 0.3) is 0 Å². The topological polar surface area (TPSA) is 365 Å². The van der Waals surface area contributed by atoms with Crippen LogP contribution in [0, 0.1) is 13.8 Å². The van der Waals surface area contributed by atoms with E-state index in [1.165, 1.54) is 40.1 Å². The maximum atomic E-state index is 12.4. The zero-order chi connectivity index (χ0) is 100. The second kappa shape index (κ2) is 53.1. The van der Waals surface area contributed by atoms with Gasteiger partial charge in [-0.25, -0.2) is 57.2 Å². The molecule has 0 fully saturated rings. The van der Waals surface area contributed by atoms with Crippen LogP contribution in [0.3, 0.4) is 0 Å². The van der Waals surface area contributed by atoms with Gasteiger partial charge in [-0.2, -0.15) is 30.6 Å². The van der Waals surface area contributed by atoms with Crippen molar-refractivity contribution in [3.05, 3.63) is 197 Å². The minimum absolute atomic E-state index is 0. The van der Waals surface area contributed by atoms with E-state index in [1.54, 1.807) is 67.8 Å². The molecule has 13 aromatic rings. The Kier molecular flexibility index (Phi) is 44.0. The Labute approximate surface area is 836 Å². The molecule has 141 heavy (non-hydrogen) atoms. The molecular weight excluding hydrogens is 1890 g/mol. The number of hydrogen-bond donors (Lipinski definition) is 2. The molecule has 0 aliphatic carbocycles. The van der Waals surface area contributed by atoms with Crippen molar-refractivity contribution in [3.63, 3.8) is 0 Å². The molecule has 1 aliphatic heterocycles. The van der Waals surface area contributed by atoms with Gasteiger partial charge in [0.15, 0.2) is 22.8 Å². The molecule has 8 aromatic heterocycles. The van der Waals surface area contributed by atoms with E-state index < -0.39 is 66.4 Å². The Bertz CT molecular complexity index is 6130.